The average Bonchev–Trinajstić information content (AvgIpc) is 2.59. The van der Waals surface area contributed by atoms with Crippen LogP contribution in [0, 0.1) is 12.8 Å². The minimum atomic E-state index is -3.57. The van der Waals surface area contributed by atoms with E-state index in [-0.39, 0.29) is 35.5 Å². The first kappa shape index (κ1) is 22.2. The Morgan fingerprint density at radius 3 is 2.28 bits per heavy atom. The number of nitrogens with zero attached hydrogens (tertiary/aromatic N) is 1. The third-order valence-corrected chi connectivity index (χ3v) is 7.83. The summed E-state index contributed by atoms with van der Waals surface area (Å²) in [6.07, 6.45) is 3.15. The van der Waals surface area contributed by atoms with Crippen molar-refractivity contribution in [3.63, 3.8) is 0 Å². The van der Waals surface area contributed by atoms with Crippen molar-refractivity contribution in [2.24, 2.45) is 5.92 Å². The minimum absolute atomic E-state index is 0.0210. The van der Waals surface area contributed by atoms with Gasteiger partial charge in [0.15, 0.2) is 0 Å². The van der Waals surface area contributed by atoms with Crippen molar-refractivity contribution < 1.29 is 13.2 Å². The van der Waals surface area contributed by atoms with E-state index >= 15 is 0 Å². The summed E-state index contributed by atoms with van der Waals surface area (Å²) < 4.78 is 27.5. The smallest absolute Gasteiger partial charge is 0.243 e. The quantitative estimate of drug-likeness (QED) is 0.784. The third-order valence-electron chi connectivity index (χ3n) is 5.95. The molecule has 0 aliphatic carbocycles. The molecule has 29 heavy (non-hydrogen) atoms. The van der Waals surface area contributed by atoms with Gasteiger partial charge in [-0.05, 0) is 72.4 Å². The van der Waals surface area contributed by atoms with Gasteiger partial charge in [-0.1, -0.05) is 17.7 Å². The van der Waals surface area contributed by atoms with Gasteiger partial charge in [0.05, 0.1) is 10.8 Å². The number of carbonyl (C=O) groups is 1. The number of piperidine rings is 2. The number of sulfonamides is 1. The molecule has 162 valence electrons. The molecule has 2 aliphatic rings. The van der Waals surface area contributed by atoms with Crippen LogP contribution in [0.2, 0.25) is 0 Å². The summed E-state index contributed by atoms with van der Waals surface area (Å²) in [7, 11) is -3.57. The van der Waals surface area contributed by atoms with Gasteiger partial charge in [-0.25, -0.2) is 8.42 Å². The lowest BCUT2D eigenvalue weighted by molar-refractivity contribution is -0.127. The molecular weight excluding hydrogens is 386 g/mol. The highest BCUT2D eigenvalue weighted by molar-refractivity contribution is 7.89. The topological polar surface area (TPSA) is 78.5 Å². The van der Waals surface area contributed by atoms with E-state index < -0.39 is 10.0 Å². The average molecular weight is 422 g/mol. The van der Waals surface area contributed by atoms with Crippen LogP contribution >= 0.6 is 0 Å². The number of rotatable bonds is 4. The summed E-state index contributed by atoms with van der Waals surface area (Å²) in [5.74, 6) is -0.322. The van der Waals surface area contributed by atoms with E-state index in [1.807, 2.05) is 19.1 Å². The van der Waals surface area contributed by atoms with Crippen molar-refractivity contribution in [2.75, 3.05) is 13.1 Å². The van der Waals surface area contributed by atoms with Crippen LogP contribution in [0.3, 0.4) is 0 Å². The molecule has 1 amide bonds. The molecular formula is C22H35N3O3S. The second-order valence-corrected chi connectivity index (χ2v) is 12.0. The van der Waals surface area contributed by atoms with Crippen LogP contribution in [0.5, 0.6) is 0 Å². The predicted octanol–water partition coefficient (Wildman–Crippen LogP) is 2.82. The maximum Gasteiger partial charge on any atom is 0.243 e. The fraction of sp³-hybridized carbons (Fsp3) is 0.682. The normalized spacial score (nSPS) is 25.5. The van der Waals surface area contributed by atoms with E-state index in [1.165, 1.54) is 4.31 Å². The Bertz CT molecular complexity index is 831. The van der Waals surface area contributed by atoms with Crippen LogP contribution in [0.25, 0.3) is 0 Å². The summed E-state index contributed by atoms with van der Waals surface area (Å²) >= 11 is 0. The molecule has 0 spiro atoms. The molecule has 3 rings (SSSR count). The fourth-order valence-electron chi connectivity index (χ4n) is 4.98. The molecule has 1 atom stereocenters. The molecule has 0 radical (unpaired) electrons. The second-order valence-electron chi connectivity index (χ2n) is 10.0. The van der Waals surface area contributed by atoms with E-state index in [1.54, 1.807) is 12.1 Å². The highest BCUT2D eigenvalue weighted by atomic mass is 32.2. The minimum Gasteiger partial charge on any atom is -0.353 e. The van der Waals surface area contributed by atoms with Crippen LogP contribution < -0.4 is 10.6 Å². The van der Waals surface area contributed by atoms with E-state index in [4.69, 9.17) is 0 Å². The van der Waals surface area contributed by atoms with Crippen molar-refractivity contribution in [1.29, 1.82) is 0 Å². The first-order valence-corrected chi connectivity index (χ1v) is 12.0. The zero-order valence-corrected chi connectivity index (χ0v) is 19.1. The lowest BCUT2D eigenvalue weighted by atomic mass is 9.79. The molecule has 0 bridgehead atoms. The Hall–Kier alpha value is -1.44. The lowest BCUT2D eigenvalue weighted by Gasteiger charge is -2.47. The zero-order valence-electron chi connectivity index (χ0n) is 18.3. The molecule has 0 unspecified atom stereocenters. The van der Waals surface area contributed by atoms with Crippen LogP contribution in [0.1, 0.15) is 58.9 Å². The molecule has 2 fully saturated rings. The monoisotopic (exact) mass is 421 g/mol. The van der Waals surface area contributed by atoms with Crippen LogP contribution in [-0.2, 0) is 14.8 Å². The molecule has 2 saturated heterocycles. The second kappa shape index (κ2) is 8.00. The van der Waals surface area contributed by atoms with E-state index in [0.29, 0.717) is 17.9 Å². The maximum absolute atomic E-state index is 13.0. The number of carbonyl (C=O) groups excluding carboxylic acids is 1. The van der Waals surface area contributed by atoms with E-state index in [0.717, 1.165) is 24.8 Å². The van der Waals surface area contributed by atoms with Crippen molar-refractivity contribution in [1.82, 2.24) is 14.9 Å². The van der Waals surface area contributed by atoms with Gasteiger partial charge >= 0.3 is 0 Å². The predicted molar refractivity (Wildman–Crippen MR) is 115 cm³/mol. The van der Waals surface area contributed by atoms with Gasteiger partial charge in [-0.3, -0.25) is 4.79 Å². The third kappa shape index (κ3) is 5.38. The Morgan fingerprint density at radius 1 is 1.10 bits per heavy atom. The highest BCUT2D eigenvalue weighted by Crippen LogP contribution is 2.29. The van der Waals surface area contributed by atoms with Gasteiger partial charge in [0, 0.05) is 30.2 Å². The van der Waals surface area contributed by atoms with Gasteiger partial charge in [0.1, 0.15) is 0 Å². The molecule has 6 nitrogen and oxygen atoms in total. The summed E-state index contributed by atoms with van der Waals surface area (Å²) in [5.41, 5.74) is 0.924. The number of hydrogen-bond acceptors (Lipinski definition) is 4. The van der Waals surface area contributed by atoms with Gasteiger partial charge in [-0.15, -0.1) is 0 Å². The standard InChI is InChI=1S/C22H35N3O3S/c1-16-8-10-19(11-9-16)29(27,28)25-12-6-7-17(15-25)20(26)23-18-13-21(2,3)24-22(4,5)14-18/h8-11,17-18,24H,6-7,12-15H2,1-5H3,(H,23,26)/t17-/m0/s1. The number of nitrogens with one attached hydrogen (secondary N) is 2. The number of hydrogen-bond donors (Lipinski definition) is 2. The first-order valence-electron chi connectivity index (χ1n) is 10.5. The maximum atomic E-state index is 13.0. The Kier molecular flexibility index (Phi) is 6.14. The highest BCUT2D eigenvalue weighted by Gasteiger charge is 2.40. The van der Waals surface area contributed by atoms with E-state index in [2.05, 4.69) is 38.3 Å². The first-order chi connectivity index (χ1) is 13.4. The SMILES string of the molecule is Cc1ccc(S(=O)(=O)N2CCC[C@H](C(=O)NC3CC(C)(C)NC(C)(C)C3)C2)cc1. The lowest BCUT2D eigenvalue weighted by Crippen LogP contribution is -2.62. The summed E-state index contributed by atoms with van der Waals surface area (Å²) in [5, 5.41) is 6.84. The van der Waals surface area contributed by atoms with Gasteiger partial charge in [0.2, 0.25) is 15.9 Å². The zero-order chi connectivity index (χ0) is 21.4. The largest absolute Gasteiger partial charge is 0.353 e. The number of amides is 1. The van der Waals surface area contributed by atoms with Crippen molar-refractivity contribution >= 4 is 15.9 Å². The summed E-state index contributed by atoms with van der Waals surface area (Å²) in [6, 6.07) is 7.00. The van der Waals surface area contributed by atoms with Crippen molar-refractivity contribution in [3.8, 4) is 0 Å². The van der Waals surface area contributed by atoms with Crippen molar-refractivity contribution in [3.05, 3.63) is 29.8 Å². The summed E-state index contributed by atoms with van der Waals surface area (Å²) in [4.78, 5) is 13.3. The van der Waals surface area contributed by atoms with Gasteiger partial charge in [0.25, 0.3) is 0 Å². The number of aryl methyl sites for hydroxylation is 1. The molecule has 1 aromatic carbocycles. The Labute approximate surface area is 175 Å². The molecule has 2 N–H and O–H groups in total. The van der Waals surface area contributed by atoms with Crippen LogP contribution in [0.15, 0.2) is 29.2 Å². The Balaban J connectivity index is 1.67. The van der Waals surface area contributed by atoms with Crippen LogP contribution in [0.4, 0.5) is 0 Å². The van der Waals surface area contributed by atoms with Crippen LogP contribution in [-0.4, -0.2) is 48.8 Å². The molecule has 2 heterocycles. The molecule has 7 heteroatoms. The molecule has 2 aliphatic heterocycles. The molecule has 0 aromatic heterocycles. The van der Waals surface area contributed by atoms with Gasteiger partial charge in [-0.2, -0.15) is 4.31 Å². The van der Waals surface area contributed by atoms with Crippen molar-refractivity contribution in [2.45, 2.75) is 82.3 Å². The van der Waals surface area contributed by atoms with Gasteiger partial charge < -0.3 is 10.6 Å². The Morgan fingerprint density at radius 2 is 1.69 bits per heavy atom. The molecule has 1 aromatic rings. The fourth-order valence-corrected chi connectivity index (χ4v) is 6.50. The molecule has 0 saturated carbocycles. The van der Waals surface area contributed by atoms with E-state index in [9.17, 15) is 13.2 Å². The number of benzene rings is 1. The summed E-state index contributed by atoms with van der Waals surface area (Å²) in [6.45, 7) is 11.3.